The van der Waals surface area contributed by atoms with Gasteiger partial charge in [0.15, 0.2) is 0 Å². The Morgan fingerprint density at radius 3 is 2.46 bits per heavy atom. The number of carbonyl (C=O) groups excluding carboxylic acids is 3. The fourth-order valence-corrected chi connectivity index (χ4v) is 2.24. The van der Waals surface area contributed by atoms with Crippen LogP contribution in [0.25, 0.3) is 0 Å². The molecule has 1 aromatic rings. The van der Waals surface area contributed by atoms with E-state index in [4.69, 9.17) is 4.74 Å². The molecule has 132 valence electrons. The van der Waals surface area contributed by atoms with Gasteiger partial charge in [-0.25, -0.2) is 4.79 Å². The summed E-state index contributed by atoms with van der Waals surface area (Å²) in [5, 5.41) is 2.84. The van der Waals surface area contributed by atoms with E-state index in [2.05, 4.69) is 19.2 Å². The van der Waals surface area contributed by atoms with Crippen molar-refractivity contribution < 1.29 is 19.1 Å². The van der Waals surface area contributed by atoms with Gasteiger partial charge in [-0.05, 0) is 24.5 Å². The van der Waals surface area contributed by atoms with Crippen molar-refractivity contribution in [3.8, 4) is 0 Å². The van der Waals surface area contributed by atoms with Crippen molar-refractivity contribution in [1.82, 2.24) is 5.32 Å². The molecule has 0 bridgehead atoms. The summed E-state index contributed by atoms with van der Waals surface area (Å²) in [4.78, 5) is 37.2. The third kappa shape index (κ3) is 6.02. The summed E-state index contributed by atoms with van der Waals surface area (Å²) in [5.74, 6) is -0.344. The van der Waals surface area contributed by atoms with Gasteiger partial charge in [0, 0.05) is 26.4 Å². The minimum absolute atomic E-state index is 0.113. The number of methoxy groups -OCH3 is 1. The third-order valence-corrected chi connectivity index (χ3v) is 3.59. The first-order valence-electron chi connectivity index (χ1n) is 8.09. The topological polar surface area (TPSA) is 75.7 Å². The molecule has 0 aliphatic carbocycles. The van der Waals surface area contributed by atoms with Crippen molar-refractivity contribution in [2.45, 2.75) is 33.6 Å². The van der Waals surface area contributed by atoms with E-state index in [0.717, 1.165) is 6.42 Å². The standard InChI is InChI=1S/C18H26N2O4/c1-13(2)9-11-19-17(22)10-12-20(14(3)21)16-8-6-5-7-15(16)18(23)24-4/h5-8,13H,9-12H2,1-4H3,(H,19,22). The SMILES string of the molecule is COC(=O)c1ccccc1N(CCC(=O)NCCC(C)C)C(C)=O. The molecule has 24 heavy (non-hydrogen) atoms. The monoisotopic (exact) mass is 334 g/mol. The first kappa shape index (κ1) is 19.7. The zero-order chi connectivity index (χ0) is 18.1. The van der Waals surface area contributed by atoms with Crippen molar-refractivity contribution in [3.63, 3.8) is 0 Å². The molecule has 0 spiro atoms. The Morgan fingerprint density at radius 1 is 1.21 bits per heavy atom. The van der Waals surface area contributed by atoms with Gasteiger partial charge in [-0.2, -0.15) is 0 Å². The molecule has 0 saturated carbocycles. The second-order valence-electron chi connectivity index (χ2n) is 5.96. The molecule has 0 aliphatic rings. The van der Waals surface area contributed by atoms with Crippen molar-refractivity contribution >= 4 is 23.5 Å². The van der Waals surface area contributed by atoms with Gasteiger partial charge < -0.3 is 15.0 Å². The smallest absolute Gasteiger partial charge is 0.339 e. The summed E-state index contributed by atoms with van der Waals surface area (Å²) in [7, 11) is 1.29. The van der Waals surface area contributed by atoms with Gasteiger partial charge in [-0.1, -0.05) is 26.0 Å². The van der Waals surface area contributed by atoms with E-state index in [1.807, 2.05) is 0 Å². The molecule has 0 saturated heterocycles. The number of hydrogen-bond donors (Lipinski definition) is 1. The van der Waals surface area contributed by atoms with E-state index in [9.17, 15) is 14.4 Å². The lowest BCUT2D eigenvalue weighted by atomic mass is 10.1. The summed E-state index contributed by atoms with van der Waals surface area (Å²) in [6, 6.07) is 6.71. The van der Waals surface area contributed by atoms with Crippen molar-refractivity contribution in [3.05, 3.63) is 29.8 Å². The highest BCUT2D eigenvalue weighted by Crippen LogP contribution is 2.21. The third-order valence-electron chi connectivity index (χ3n) is 3.59. The maximum atomic E-state index is 12.0. The molecule has 1 N–H and O–H groups in total. The largest absolute Gasteiger partial charge is 0.465 e. The van der Waals surface area contributed by atoms with Crippen LogP contribution in [0.1, 0.15) is 44.0 Å². The molecule has 2 amide bonds. The van der Waals surface area contributed by atoms with Gasteiger partial charge in [-0.3, -0.25) is 9.59 Å². The van der Waals surface area contributed by atoms with Crippen LogP contribution in [0.3, 0.4) is 0 Å². The average molecular weight is 334 g/mol. The summed E-state index contributed by atoms with van der Waals surface area (Å²) in [5.41, 5.74) is 0.752. The Hall–Kier alpha value is -2.37. The van der Waals surface area contributed by atoms with E-state index >= 15 is 0 Å². The fourth-order valence-electron chi connectivity index (χ4n) is 2.24. The second-order valence-corrected chi connectivity index (χ2v) is 5.96. The van der Waals surface area contributed by atoms with Gasteiger partial charge in [-0.15, -0.1) is 0 Å². The predicted molar refractivity (Wildman–Crippen MR) is 92.9 cm³/mol. The van der Waals surface area contributed by atoms with Crippen LogP contribution in [0.15, 0.2) is 24.3 Å². The molecule has 0 aliphatic heterocycles. The zero-order valence-electron chi connectivity index (χ0n) is 14.8. The summed E-state index contributed by atoms with van der Waals surface area (Å²) in [6.07, 6.45) is 1.08. The Morgan fingerprint density at radius 2 is 1.88 bits per heavy atom. The van der Waals surface area contributed by atoms with E-state index in [1.165, 1.54) is 18.9 Å². The maximum absolute atomic E-state index is 12.0. The minimum Gasteiger partial charge on any atom is -0.465 e. The fraction of sp³-hybridized carbons (Fsp3) is 0.500. The van der Waals surface area contributed by atoms with Crippen LogP contribution in [0.4, 0.5) is 5.69 Å². The number of nitrogens with one attached hydrogen (secondary N) is 1. The predicted octanol–water partition coefficient (Wildman–Crippen LogP) is 2.38. The molecule has 6 nitrogen and oxygen atoms in total. The highest BCUT2D eigenvalue weighted by atomic mass is 16.5. The molecule has 0 heterocycles. The summed E-state index contributed by atoms with van der Waals surface area (Å²) in [6.45, 7) is 6.41. The van der Waals surface area contributed by atoms with Crippen LogP contribution in [0, 0.1) is 5.92 Å². The number of amides is 2. The molecular formula is C18H26N2O4. The van der Waals surface area contributed by atoms with Crippen LogP contribution in [-0.4, -0.2) is 38.0 Å². The molecule has 1 rings (SSSR count). The molecule has 1 aromatic carbocycles. The molecular weight excluding hydrogens is 308 g/mol. The zero-order valence-corrected chi connectivity index (χ0v) is 14.8. The van der Waals surface area contributed by atoms with E-state index in [0.29, 0.717) is 23.7 Å². The number of hydrogen-bond acceptors (Lipinski definition) is 4. The molecule has 0 atom stereocenters. The summed E-state index contributed by atoms with van der Waals surface area (Å²) >= 11 is 0. The number of ether oxygens (including phenoxy) is 1. The van der Waals surface area contributed by atoms with Gasteiger partial charge >= 0.3 is 5.97 Å². The van der Waals surface area contributed by atoms with E-state index in [1.54, 1.807) is 24.3 Å². The highest BCUT2D eigenvalue weighted by Gasteiger charge is 2.20. The molecule has 6 heteroatoms. The van der Waals surface area contributed by atoms with E-state index in [-0.39, 0.29) is 24.8 Å². The maximum Gasteiger partial charge on any atom is 0.339 e. The number of benzene rings is 1. The first-order chi connectivity index (χ1) is 11.4. The number of rotatable bonds is 8. The minimum atomic E-state index is -0.516. The van der Waals surface area contributed by atoms with Crippen molar-refractivity contribution in [2.24, 2.45) is 5.92 Å². The Bertz CT molecular complexity index is 584. The Labute approximate surface area is 143 Å². The first-order valence-corrected chi connectivity index (χ1v) is 8.09. The second kappa shape index (κ2) is 9.70. The number of nitrogens with zero attached hydrogens (tertiary/aromatic N) is 1. The Balaban J connectivity index is 2.77. The lowest BCUT2D eigenvalue weighted by Crippen LogP contribution is -2.35. The molecule has 0 radical (unpaired) electrons. The normalized spacial score (nSPS) is 10.4. The van der Waals surface area contributed by atoms with Crippen LogP contribution in [0.2, 0.25) is 0 Å². The molecule has 0 unspecified atom stereocenters. The van der Waals surface area contributed by atoms with Gasteiger partial charge in [0.2, 0.25) is 11.8 Å². The van der Waals surface area contributed by atoms with Gasteiger partial charge in [0.25, 0.3) is 0 Å². The van der Waals surface area contributed by atoms with Crippen LogP contribution < -0.4 is 10.2 Å². The number of anilines is 1. The van der Waals surface area contributed by atoms with Crippen LogP contribution in [-0.2, 0) is 14.3 Å². The lowest BCUT2D eigenvalue weighted by Gasteiger charge is -2.23. The Kier molecular flexibility index (Phi) is 7.95. The molecule has 0 fully saturated rings. The van der Waals surface area contributed by atoms with Crippen LogP contribution in [0.5, 0.6) is 0 Å². The number of carbonyl (C=O) groups is 3. The molecule has 0 aromatic heterocycles. The average Bonchev–Trinajstić information content (AvgIpc) is 2.54. The number of esters is 1. The van der Waals surface area contributed by atoms with E-state index < -0.39 is 5.97 Å². The van der Waals surface area contributed by atoms with Crippen LogP contribution >= 0.6 is 0 Å². The highest BCUT2D eigenvalue weighted by molar-refractivity contribution is 6.02. The number of para-hydroxylation sites is 1. The van der Waals surface area contributed by atoms with Gasteiger partial charge in [0.1, 0.15) is 0 Å². The van der Waals surface area contributed by atoms with Crippen molar-refractivity contribution in [1.29, 1.82) is 0 Å². The quantitative estimate of drug-likeness (QED) is 0.741. The summed E-state index contributed by atoms with van der Waals surface area (Å²) < 4.78 is 4.75. The van der Waals surface area contributed by atoms with Crippen molar-refractivity contribution in [2.75, 3.05) is 25.1 Å². The lowest BCUT2D eigenvalue weighted by molar-refractivity contribution is -0.121. The van der Waals surface area contributed by atoms with Gasteiger partial charge in [0.05, 0.1) is 18.4 Å².